The normalized spacial score (nSPS) is 15.0. The predicted octanol–water partition coefficient (Wildman–Crippen LogP) is 25.5. The highest BCUT2D eigenvalue weighted by Crippen LogP contribution is 2.51. The highest BCUT2D eigenvalue weighted by atomic mass is 15.2. The molecule has 2 saturated carbocycles. The summed E-state index contributed by atoms with van der Waals surface area (Å²) in [6.45, 7) is 27.9. The molecular formula is C98H99BN4. The van der Waals surface area contributed by atoms with Crippen LogP contribution in [-0.2, 0) is 21.7 Å². The monoisotopic (exact) mass is 1340 g/mol. The Labute approximate surface area is 614 Å². The van der Waals surface area contributed by atoms with Gasteiger partial charge in [-0.25, -0.2) is 9.97 Å². The van der Waals surface area contributed by atoms with E-state index in [1.54, 1.807) is 0 Å². The molecule has 3 heterocycles. The number of fused-ring (bicyclic) bond motifs is 4. The van der Waals surface area contributed by atoms with Gasteiger partial charge in [0.05, 0.1) is 11.4 Å². The average molecular weight is 1340 g/mol. The molecule has 0 atom stereocenters. The molecule has 103 heavy (non-hydrogen) atoms. The highest BCUT2D eigenvalue weighted by molar-refractivity contribution is 7.00. The molecule has 514 valence electrons. The molecular weight excluding hydrogens is 1240 g/mol. The molecule has 2 fully saturated rings. The number of benzene rings is 11. The SMILES string of the molecule is CC(C)(C)c1cc(-c2cc(-c3cc(C(C)(C)C)cc(C(C)(C)C)c3)nc(-c3cc4c5c(c3)N(c3cc(-c6ccccc6)cc(-c6ccccc6)c3)c3ccc(C6CCCCC6)cc3B5c3cc(C5CCCCC5)ccc3N4c3cc(-c4ccccc4)cc(-c4ccccc4)c3)n2)cc(C(C)(C)C)c1. The molecule has 2 aliphatic heterocycles. The van der Waals surface area contributed by atoms with E-state index in [1.165, 1.54) is 170 Å². The molecule has 12 aromatic rings. The van der Waals surface area contributed by atoms with Crippen molar-refractivity contribution in [2.45, 2.75) is 181 Å². The van der Waals surface area contributed by atoms with Gasteiger partial charge in [-0.15, -0.1) is 0 Å². The zero-order chi connectivity index (χ0) is 71.1. The van der Waals surface area contributed by atoms with E-state index in [2.05, 4.69) is 342 Å². The smallest absolute Gasteiger partial charge is 0.252 e. The topological polar surface area (TPSA) is 32.3 Å². The van der Waals surface area contributed by atoms with Gasteiger partial charge < -0.3 is 9.80 Å². The van der Waals surface area contributed by atoms with Crippen molar-refractivity contribution in [2.75, 3.05) is 9.80 Å². The minimum atomic E-state index is -0.126. The largest absolute Gasteiger partial charge is 0.311 e. The number of hydrogen-bond acceptors (Lipinski definition) is 4. The number of rotatable bonds is 11. The molecule has 0 radical (unpaired) electrons. The third-order valence-electron chi connectivity index (χ3n) is 23.0. The maximum Gasteiger partial charge on any atom is 0.252 e. The first-order chi connectivity index (χ1) is 49.5. The van der Waals surface area contributed by atoms with E-state index in [4.69, 9.17) is 9.97 Å². The van der Waals surface area contributed by atoms with Gasteiger partial charge in [-0.2, -0.15) is 0 Å². The fraction of sp³-hybridized carbons (Fsp3) is 0.286. The zero-order valence-electron chi connectivity index (χ0n) is 62.8. The highest BCUT2D eigenvalue weighted by Gasteiger charge is 2.45. The van der Waals surface area contributed by atoms with Crippen molar-refractivity contribution in [3.8, 4) is 78.4 Å². The van der Waals surface area contributed by atoms with Crippen LogP contribution in [0.1, 0.15) is 193 Å². The third kappa shape index (κ3) is 13.4. The van der Waals surface area contributed by atoms with Crippen LogP contribution in [0.5, 0.6) is 0 Å². The van der Waals surface area contributed by atoms with Gasteiger partial charge in [0.15, 0.2) is 5.82 Å². The van der Waals surface area contributed by atoms with E-state index in [9.17, 15) is 0 Å². The van der Waals surface area contributed by atoms with E-state index in [0.717, 1.165) is 50.8 Å². The summed E-state index contributed by atoms with van der Waals surface area (Å²) >= 11 is 0. The summed E-state index contributed by atoms with van der Waals surface area (Å²) in [5.74, 6) is 1.68. The van der Waals surface area contributed by atoms with Crippen molar-refractivity contribution in [1.29, 1.82) is 0 Å². The number of aromatic nitrogens is 2. The average Bonchev–Trinajstić information content (AvgIpc) is 0.692. The van der Waals surface area contributed by atoms with Crippen LogP contribution in [0.3, 0.4) is 0 Å². The van der Waals surface area contributed by atoms with Gasteiger partial charge >= 0.3 is 0 Å². The molecule has 5 heteroatoms. The van der Waals surface area contributed by atoms with E-state index in [0.29, 0.717) is 17.7 Å². The molecule has 0 amide bonds. The second kappa shape index (κ2) is 26.8. The Morgan fingerprint density at radius 1 is 0.282 bits per heavy atom. The Balaban J connectivity index is 1.06. The van der Waals surface area contributed by atoms with Crippen LogP contribution < -0.4 is 26.2 Å². The Hall–Kier alpha value is -9.84. The van der Waals surface area contributed by atoms with Crippen molar-refractivity contribution in [2.24, 2.45) is 0 Å². The van der Waals surface area contributed by atoms with Crippen LogP contribution in [0.4, 0.5) is 34.1 Å². The van der Waals surface area contributed by atoms with E-state index in [-0.39, 0.29) is 28.4 Å². The summed E-state index contributed by atoms with van der Waals surface area (Å²) in [5, 5.41) is 0. The van der Waals surface area contributed by atoms with Gasteiger partial charge in [-0.3, -0.25) is 0 Å². The van der Waals surface area contributed by atoms with Gasteiger partial charge in [0.25, 0.3) is 6.71 Å². The quantitative estimate of drug-likeness (QED) is 0.121. The first kappa shape index (κ1) is 67.6. The minimum absolute atomic E-state index is 0.116. The Kier molecular flexibility index (Phi) is 17.6. The molecule has 1 aromatic heterocycles. The van der Waals surface area contributed by atoms with Gasteiger partial charge in [-0.05, 0) is 244 Å². The van der Waals surface area contributed by atoms with Crippen LogP contribution in [0.2, 0.25) is 0 Å². The zero-order valence-corrected chi connectivity index (χ0v) is 62.8. The summed E-state index contributed by atoms with van der Waals surface area (Å²) < 4.78 is 0. The molecule has 4 nitrogen and oxygen atoms in total. The lowest BCUT2D eigenvalue weighted by Crippen LogP contribution is -2.61. The Bertz CT molecular complexity index is 4650. The van der Waals surface area contributed by atoms with Crippen LogP contribution >= 0.6 is 0 Å². The summed E-state index contributed by atoms with van der Waals surface area (Å²) in [4.78, 5) is 17.4. The number of hydrogen-bond donors (Lipinski definition) is 0. The number of anilines is 6. The second-order valence-electron chi connectivity index (χ2n) is 34.4. The van der Waals surface area contributed by atoms with E-state index < -0.39 is 0 Å². The van der Waals surface area contributed by atoms with Crippen molar-refractivity contribution < 1.29 is 0 Å². The molecule has 0 N–H and O–H groups in total. The lowest BCUT2D eigenvalue weighted by molar-refractivity contribution is 0.444. The van der Waals surface area contributed by atoms with Crippen LogP contribution in [0.15, 0.2) is 249 Å². The molecule has 0 saturated heterocycles. The maximum absolute atomic E-state index is 6.03. The summed E-state index contributed by atoms with van der Waals surface area (Å²) in [6, 6.07) is 96.0. The van der Waals surface area contributed by atoms with Crippen LogP contribution in [0.25, 0.3) is 78.4 Å². The van der Waals surface area contributed by atoms with E-state index in [1.807, 2.05) is 0 Å². The van der Waals surface area contributed by atoms with Crippen molar-refractivity contribution in [3.05, 3.63) is 282 Å². The third-order valence-corrected chi connectivity index (χ3v) is 23.0. The minimum Gasteiger partial charge on any atom is -0.311 e. The fourth-order valence-electron chi connectivity index (χ4n) is 16.9. The lowest BCUT2D eigenvalue weighted by Gasteiger charge is -2.45. The first-order valence-electron chi connectivity index (χ1n) is 38.3. The van der Waals surface area contributed by atoms with Crippen molar-refractivity contribution >= 4 is 57.2 Å². The molecule has 4 aliphatic rings. The second-order valence-corrected chi connectivity index (χ2v) is 34.4. The summed E-state index contributed by atoms with van der Waals surface area (Å²) in [6.07, 6.45) is 12.5. The van der Waals surface area contributed by atoms with Crippen LogP contribution in [0, 0.1) is 0 Å². The summed E-state index contributed by atoms with van der Waals surface area (Å²) in [5.41, 5.74) is 32.8. The van der Waals surface area contributed by atoms with Crippen molar-refractivity contribution in [3.63, 3.8) is 0 Å². The van der Waals surface area contributed by atoms with Gasteiger partial charge in [0, 0.05) is 50.8 Å². The Morgan fingerprint density at radius 3 is 0.913 bits per heavy atom. The summed E-state index contributed by atoms with van der Waals surface area (Å²) in [7, 11) is 0. The van der Waals surface area contributed by atoms with E-state index >= 15 is 0 Å². The molecule has 0 spiro atoms. The molecule has 0 bridgehead atoms. The molecule has 2 aliphatic carbocycles. The predicted molar refractivity (Wildman–Crippen MR) is 441 cm³/mol. The molecule has 11 aromatic carbocycles. The van der Waals surface area contributed by atoms with Gasteiger partial charge in [0.1, 0.15) is 0 Å². The lowest BCUT2D eigenvalue weighted by atomic mass is 9.33. The Morgan fingerprint density at radius 2 is 0.602 bits per heavy atom. The maximum atomic E-state index is 6.03. The van der Waals surface area contributed by atoms with Crippen LogP contribution in [-0.4, -0.2) is 16.7 Å². The van der Waals surface area contributed by atoms with Gasteiger partial charge in [0.2, 0.25) is 0 Å². The standard InChI is InChI=1S/C98H99BN4/c1-95(2,3)79-49-76(50-80(61-79)96(4,5)6)87-63-88(77-51-81(97(7,8)9)62-82(52-77)98(10,11)12)101-94(100-87)78-59-91-93-92(60-78)103(84-55-74(68-39-27-17-28-40-68)48-75(56-84)69-41-29-18-30-42-69)90-46-44-71(65-33-21-14-22-34-65)58-86(90)99(93)85-57-70(64-31-19-13-20-32-64)43-45-89(85)102(91)83-53-72(66-35-23-15-24-36-66)47-73(54-83)67-37-25-16-26-38-67/h15-18,23-30,35-65H,13-14,19-22,31-34H2,1-12H3. The van der Waals surface area contributed by atoms with Crippen molar-refractivity contribution in [1.82, 2.24) is 9.97 Å². The number of nitrogens with zero attached hydrogens (tertiary/aromatic N) is 4. The molecule has 0 unspecified atom stereocenters. The molecule has 16 rings (SSSR count). The fourth-order valence-corrected chi connectivity index (χ4v) is 16.9. The van der Waals surface area contributed by atoms with Gasteiger partial charge in [-0.1, -0.05) is 279 Å². The first-order valence-corrected chi connectivity index (χ1v) is 38.3.